The molecule has 3 aliphatic heterocycles. The van der Waals surface area contributed by atoms with Crippen LogP contribution < -0.4 is 10.2 Å². The summed E-state index contributed by atoms with van der Waals surface area (Å²) in [6.45, 7) is 4.90. The number of nitrogens with zero attached hydrogens (tertiary/aromatic N) is 3. The summed E-state index contributed by atoms with van der Waals surface area (Å²) >= 11 is 0. The highest BCUT2D eigenvalue weighted by Crippen LogP contribution is 2.33. The van der Waals surface area contributed by atoms with E-state index in [0.29, 0.717) is 18.6 Å². The normalized spacial score (nSPS) is 18.6. The van der Waals surface area contributed by atoms with Crippen LogP contribution in [0.1, 0.15) is 39.0 Å². The highest BCUT2D eigenvalue weighted by Gasteiger charge is 2.27. The van der Waals surface area contributed by atoms with Gasteiger partial charge in [-0.25, -0.2) is 0 Å². The number of likely N-dealkylation sites (N-methyl/N-ethyl adjacent to an activating group) is 1. The number of carbonyl (C=O) groups is 1. The first-order chi connectivity index (χ1) is 14.7. The van der Waals surface area contributed by atoms with Gasteiger partial charge < -0.3 is 20.0 Å². The van der Waals surface area contributed by atoms with Gasteiger partial charge in [0.2, 0.25) is 0 Å². The maximum absolute atomic E-state index is 13.4. The average molecular weight is 405 g/mol. The van der Waals surface area contributed by atoms with Crippen molar-refractivity contribution in [3.63, 3.8) is 0 Å². The first-order valence-electron chi connectivity index (χ1n) is 10.8. The fraction of sp³-hybridized carbons (Fsp3) is 0.417. The zero-order chi connectivity index (χ0) is 20.5. The Morgan fingerprint density at radius 2 is 2.03 bits per heavy atom. The maximum Gasteiger partial charge on any atom is 0.257 e. The van der Waals surface area contributed by atoms with Gasteiger partial charge in [0.1, 0.15) is 5.75 Å². The summed E-state index contributed by atoms with van der Waals surface area (Å²) in [5.74, 6) is 0.875. The second-order valence-corrected chi connectivity index (χ2v) is 8.41. The lowest BCUT2D eigenvalue weighted by Gasteiger charge is -2.22. The lowest BCUT2D eigenvalue weighted by atomic mass is 9.94. The molecule has 0 bridgehead atoms. The van der Waals surface area contributed by atoms with Crippen molar-refractivity contribution < 1.29 is 9.53 Å². The molecule has 3 aliphatic rings. The Hall–Kier alpha value is -2.86. The maximum atomic E-state index is 13.4. The van der Waals surface area contributed by atoms with Crippen LogP contribution in [0.2, 0.25) is 0 Å². The number of amides is 1. The first-order valence-corrected chi connectivity index (χ1v) is 10.8. The number of ether oxygens (including phenoxy) is 1. The van der Waals surface area contributed by atoms with Gasteiger partial charge in [-0.3, -0.25) is 4.79 Å². The molecule has 1 saturated heterocycles. The van der Waals surface area contributed by atoms with E-state index in [1.807, 2.05) is 11.0 Å². The summed E-state index contributed by atoms with van der Waals surface area (Å²) in [5, 5.41) is 4.58. The summed E-state index contributed by atoms with van der Waals surface area (Å²) in [5.41, 5.74) is 9.59. The molecule has 5 rings (SSSR count). The van der Waals surface area contributed by atoms with E-state index >= 15 is 0 Å². The van der Waals surface area contributed by atoms with Crippen LogP contribution in [0, 0.1) is 0 Å². The molecular weight excluding hydrogens is 376 g/mol. The van der Waals surface area contributed by atoms with Crippen LogP contribution in [-0.2, 0) is 19.4 Å². The summed E-state index contributed by atoms with van der Waals surface area (Å²) in [6, 6.07) is 12.6. The molecule has 2 aromatic rings. The molecule has 0 aromatic heterocycles. The van der Waals surface area contributed by atoms with Gasteiger partial charge in [0, 0.05) is 38.0 Å². The van der Waals surface area contributed by atoms with Crippen LogP contribution in [0.4, 0.5) is 0 Å². The average Bonchev–Trinajstić information content (AvgIpc) is 3.13. The third-order valence-corrected chi connectivity index (χ3v) is 6.26. The van der Waals surface area contributed by atoms with Crippen LogP contribution in [0.3, 0.4) is 0 Å². The van der Waals surface area contributed by atoms with Crippen molar-refractivity contribution in [2.24, 2.45) is 5.10 Å². The molecule has 6 nitrogen and oxygen atoms in total. The molecule has 1 amide bonds. The molecule has 2 aromatic carbocycles. The zero-order valence-electron chi connectivity index (χ0n) is 17.5. The highest BCUT2D eigenvalue weighted by atomic mass is 16.5. The summed E-state index contributed by atoms with van der Waals surface area (Å²) in [6.07, 6.45) is 2.55. The third-order valence-electron chi connectivity index (χ3n) is 6.26. The molecule has 30 heavy (non-hydrogen) atoms. The minimum atomic E-state index is 0.0920. The quantitative estimate of drug-likeness (QED) is 0.854. The van der Waals surface area contributed by atoms with Gasteiger partial charge in [-0.1, -0.05) is 30.3 Å². The predicted molar refractivity (Wildman–Crippen MR) is 117 cm³/mol. The van der Waals surface area contributed by atoms with Gasteiger partial charge in [0.15, 0.2) is 0 Å². The van der Waals surface area contributed by atoms with Crippen molar-refractivity contribution >= 4 is 11.6 Å². The fourth-order valence-electron chi connectivity index (χ4n) is 4.62. The van der Waals surface area contributed by atoms with E-state index in [1.54, 1.807) is 0 Å². The molecule has 1 N–H and O–H groups in total. The number of hydrazone groups is 1. The number of fused-ring (bicyclic) bond motifs is 2. The minimum Gasteiger partial charge on any atom is -0.492 e. The molecule has 0 unspecified atom stereocenters. The van der Waals surface area contributed by atoms with Crippen LogP contribution in [0.25, 0.3) is 0 Å². The molecular formula is C24H28N4O2. The molecule has 0 aliphatic carbocycles. The smallest absolute Gasteiger partial charge is 0.257 e. The Balaban J connectivity index is 1.45. The van der Waals surface area contributed by atoms with Crippen LogP contribution in [0.15, 0.2) is 41.5 Å². The monoisotopic (exact) mass is 404 g/mol. The fourth-order valence-corrected chi connectivity index (χ4v) is 4.62. The highest BCUT2D eigenvalue weighted by molar-refractivity contribution is 6.04. The summed E-state index contributed by atoms with van der Waals surface area (Å²) in [7, 11) is 2.12. The topological polar surface area (TPSA) is 57.2 Å². The number of rotatable bonds is 3. The SMILES string of the molecule is CN1CCCN(C(=O)c2cc(CC3=NNCc4ccccc43)cc3c2OCC3)CC1. The second kappa shape index (κ2) is 8.11. The Morgan fingerprint density at radius 3 is 2.97 bits per heavy atom. The van der Waals surface area contributed by atoms with Gasteiger partial charge in [-0.2, -0.15) is 5.10 Å². The van der Waals surface area contributed by atoms with Crippen molar-refractivity contribution in [1.29, 1.82) is 0 Å². The summed E-state index contributed by atoms with van der Waals surface area (Å²) < 4.78 is 5.89. The number of benzene rings is 2. The lowest BCUT2D eigenvalue weighted by Crippen LogP contribution is -2.34. The number of carbonyl (C=O) groups excluding carboxylic acids is 1. The van der Waals surface area contributed by atoms with Crippen molar-refractivity contribution in [3.8, 4) is 5.75 Å². The van der Waals surface area contributed by atoms with E-state index in [1.165, 1.54) is 11.1 Å². The molecule has 3 heterocycles. The third kappa shape index (κ3) is 3.67. The van der Waals surface area contributed by atoms with Crippen molar-refractivity contribution in [2.45, 2.75) is 25.8 Å². The number of hydrogen-bond donors (Lipinski definition) is 1. The molecule has 1 fully saturated rings. The lowest BCUT2D eigenvalue weighted by molar-refractivity contribution is 0.0759. The van der Waals surface area contributed by atoms with Crippen LogP contribution in [-0.4, -0.2) is 61.3 Å². The molecule has 156 valence electrons. The Labute approximate surface area is 177 Å². The van der Waals surface area contributed by atoms with Gasteiger partial charge in [0.25, 0.3) is 5.91 Å². The molecule has 0 radical (unpaired) electrons. The Kier molecular flexibility index (Phi) is 5.17. The molecule has 0 saturated carbocycles. The minimum absolute atomic E-state index is 0.0920. The standard InChI is InChI=1S/C24H28N4O2/c1-27-8-4-9-28(11-10-27)24(29)21-14-17(13-18-7-12-30-23(18)21)15-22-20-6-3-2-5-19(20)16-25-26-22/h2-3,5-6,13-14,25H,4,7-12,15-16H2,1H3. The van der Waals surface area contributed by atoms with E-state index in [4.69, 9.17) is 4.74 Å². The van der Waals surface area contributed by atoms with Gasteiger partial charge in [-0.05, 0) is 42.8 Å². The van der Waals surface area contributed by atoms with E-state index < -0.39 is 0 Å². The van der Waals surface area contributed by atoms with Crippen molar-refractivity contribution in [1.82, 2.24) is 15.2 Å². The predicted octanol–water partition coefficient (Wildman–Crippen LogP) is 2.45. The van der Waals surface area contributed by atoms with Gasteiger partial charge in [0.05, 0.1) is 24.4 Å². The van der Waals surface area contributed by atoms with Gasteiger partial charge in [-0.15, -0.1) is 0 Å². The first kappa shape index (κ1) is 19.1. The van der Waals surface area contributed by atoms with Crippen LogP contribution in [0.5, 0.6) is 5.75 Å². The van der Waals surface area contributed by atoms with Crippen molar-refractivity contribution in [2.75, 3.05) is 39.8 Å². The Morgan fingerprint density at radius 1 is 1.13 bits per heavy atom. The van der Waals surface area contributed by atoms with E-state index in [-0.39, 0.29) is 5.91 Å². The summed E-state index contributed by atoms with van der Waals surface area (Å²) in [4.78, 5) is 17.7. The molecule has 0 atom stereocenters. The van der Waals surface area contributed by atoms with Crippen molar-refractivity contribution in [3.05, 3.63) is 64.2 Å². The largest absolute Gasteiger partial charge is 0.492 e. The van der Waals surface area contributed by atoms with Crippen LogP contribution >= 0.6 is 0 Å². The number of nitrogens with one attached hydrogen (secondary N) is 1. The number of hydrogen-bond acceptors (Lipinski definition) is 5. The molecule has 6 heteroatoms. The van der Waals surface area contributed by atoms with E-state index in [0.717, 1.165) is 68.2 Å². The zero-order valence-corrected chi connectivity index (χ0v) is 17.5. The molecule has 0 spiro atoms. The van der Waals surface area contributed by atoms with E-state index in [9.17, 15) is 4.79 Å². The second-order valence-electron chi connectivity index (χ2n) is 8.41. The van der Waals surface area contributed by atoms with Gasteiger partial charge >= 0.3 is 0 Å². The van der Waals surface area contributed by atoms with E-state index in [2.05, 4.69) is 52.8 Å². The Bertz CT molecular complexity index is 1000.